The monoisotopic (exact) mass is 351 g/mol. The van der Waals surface area contributed by atoms with E-state index in [0.29, 0.717) is 11.8 Å². The van der Waals surface area contributed by atoms with Crippen molar-refractivity contribution >= 4 is 0 Å². The molecule has 1 fully saturated rings. The van der Waals surface area contributed by atoms with Gasteiger partial charge in [-0.3, -0.25) is 0 Å². The van der Waals surface area contributed by atoms with E-state index in [1.54, 1.807) is 18.2 Å². The van der Waals surface area contributed by atoms with Crippen molar-refractivity contribution in [2.24, 2.45) is 11.8 Å². The van der Waals surface area contributed by atoms with Gasteiger partial charge in [0, 0.05) is 0 Å². The standard InChI is InChI=1S/C20H21F4N/c21-19(14-25)3-1-2-15-4-6-16(7-5-15)8-9-17-10-12-18(13-11-17)20(22,23)24/h1-3,10-13,15-16H,4-9H2. The number of allylic oxidation sites excluding steroid dienone is 4. The van der Waals surface area contributed by atoms with Gasteiger partial charge in [0.1, 0.15) is 6.07 Å². The first-order valence-corrected chi connectivity index (χ1v) is 8.48. The lowest BCUT2D eigenvalue weighted by molar-refractivity contribution is -0.137. The minimum absolute atomic E-state index is 0.407. The van der Waals surface area contributed by atoms with Crippen LogP contribution in [0.3, 0.4) is 0 Å². The third-order valence-electron chi connectivity index (χ3n) is 4.75. The summed E-state index contributed by atoms with van der Waals surface area (Å²) < 4.78 is 50.3. The van der Waals surface area contributed by atoms with E-state index in [0.717, 1.165) is 56.2 Å². The maximum atomic E-state index is 12.7. The molecular formula is C20H21F4N. The molecule has 1 aromatic rings. The van der Waals surface area contributed by atoms with E-state index < -0.39 is 17.6 Å². The number of alkyl halides is 3. The van der Waals surface area contributed by atoms with Crippen molar-refractivity contribution in [3.63, 3.8) is 0 Å². The van der Waals surface area contributed by atoms with Crippen molar-refractivity contribution in [2.45, 2.75) is 44.7 Å². The predicted octanol–water partition coefficient (Wildman–Crippen LogP) is 6.38. The van der Waals surface area contributed by atoms with Crippen LogP contribution < -0.4 is 0 Å². The molecule has 0 atom stereocenters. The highest BCUT2D eigenvalue weighted by atomic mass is 19.4. The van der Waals surface area contributed by atoms with Gasteiger partial charge < -0.3 is 0 Å². The average Bonchev–Trinajstić information content (AvgIpc) is 2.60. The number of rotatable bonds is 5. The smallest absolute Gasteiger partial charge is 0.195 e. The zero-order valence-corrected chi connectivity index (χ0v) is 13.9. The first-order chi connectivity index (χ1) is 11.9. The Bertz CT molecular complexity index is 642. The minimum Gasteiger partial charge on any atom is -0.195 e. The van der Waals surface area contributed by atoms with Crippen LogP contribution in [0.1, 0.15) is 43.2 Å². The summed E-state index contributed by atoms with van der Waals surface area (Å²) in [7, 11) is 0. The number of nitrogens with zero attached hydrogens (tertiary/aromatic N) is 1. The maximum absolute atomic E-state index is 12.7. The van der Waals surface area contributed by atoms with E-state index in [1.807, 2.05) is 6.08 Å². The second-order valence-electron chi connectivity index (χ2n) is 6.53. The van der Waals surface area contributed by atoms with Crippen LogP contribution in [-0.4, -0.2) is 0 Å². The molecule has 0 bridgehead atoms. The Hall–Kier alpha value is -2.09. The molecule has 5 heteroatoms. The largest absolute Gasteiger partial charge is 0.416 e. The zero-order valence-electron chi connectivity index (χ0n) is 13.9. The van der Waals surface area contributed by atoms with E-state index >= 15 is 0 Å². The highest BCUT2D eigenvalue weighted by molar-refractivity contribution is 5.24. The van der Waals surface area contributed by atoms with Crippen LogP contribution in [-0.2, 0) is 12.6 Å². The highest BCUT2D eigenvalue weighted by Crippen LogP contribution is 2.33. The molecule has 0 spiro atoms. The molecule has 0 amide bonds. The molecule has 0 heterocycles. The van der Waals surface area contributed by atoms with Crippen molar-refractivity contribution < 1.29 is 17.6 Å². The summed E-state index contributed by atoms with van der Waals surface area (Å²) in [5.41, 5.74) is 0.331. The molecule has 0 unspecified atom stereocenters. The SMILES string of the molecule is N#CC(F)=CC=CC1CCC(CCc2ccc(C(F)(F)F)cc2)CC1. The van der Waals surface area contributed by atoms with Gasteiger partial charge in [0.05, 0.1) is 5.56 Å². The van der Waals surface area contributed by atoms with Gasteiger partial charge in [-0.1, -0.05) is 24.3 Å². The summed E-state index contributed by atoms with van der Waals surface area (Å²) in [5, 5.41) is 8.33. The van der Waals surface area contributed by atoms with Gasteiger partial charge in [-0.2, -0.15) is 22.8 Å². The van der Waals surface area contributed by atoms with Crippen LogP contribution >= 0.6 is 0 Å². The van der Waals surface area contributed by atoms with Gasteiger partial charge in [-0.05, 0) is 74.1 Å². The first kappa shape index (κ1) is 19.2. The van der Waals surface area contributed by atoms with E-state index in [2.05, 4.69) is 0 Å². The number of halogens is 4. The Morgan fingerprint density at radius 2 is 1.76 bits per heavy atom. The van der Waals surface area contributed by atoms with E-state index in [9.17, 15) is 17.6 Å². The first-order valence-electron chi connectivity index (χ1n) is 8.48. The zero-order chi connectivity index (χ0) is 18.3. The summed E-state index contributed by atoms with van der Waals surface area (Å²) in [6, 6.07) is 6.85. The van der Waals surface area contributed by atoms with Crippen molar-refractivity contribution in [3.05, 3.63) is 59.4 Å². The van der Waals surface area contributed by atoms with Gasteiger partial charge in [0.2, 0.25) is 0 Å². The molecule has 2 rings (SSSR count). The lowest BCUT2D eigenvalue weighted by Gasteiger charge is -2.26. The fourth-order valence-corrected chi connectivity index (χ4v) is 3.23. The minimum atomic E-state index is -4.28. The molecule has 1 aliphatic rings. The quantitative estimate of drug-likeness (QED) is 0.343. The Morgan fingerprint density at radius 3 is 2.32 bits per heavy atom. The second-order valence-corrected chi connectivity index (χ2v) is 6.53. The fraction of sp³-hybridized carbons (Fsp3) is 0.450. The Balaban J connectivity index is 1.74. The van der Waals surface area contributed by atoms with Crippen LogP contribution in [0.15, 0.2) is 48.3 Å². The number of hydrogen-bond donors (Lipinski definition) is 0. The molecule has 1 nitrogen and oxygen atoms in total. The van der Waals surface area contributed by atoms with Crippen molar-refractivity contribution in [3.8, 4) is 6.07 Å². The average molecular weight is 351 g/mol. The number of nitriles is 1. The lowest BCUT2D eigenvalue weighted by atomic mass is 9.79. The van der Waals surface area contributed by atoms with Gasteiger partial charge in [0.15, 0.2) is 5.83 Å². The van der Waals surface area contributed by atoms with Crippen LogP contribution in [0, 0.1) is 23.2 Å². The molecule has 25 heavy (non-hydrogen) atoms. The number of hydrogen-bond acceptors (Lipinski definition) is 1. The molecule has 0 aromatic heterocycles. The predicted molar refractivity (Wildman–Crippen MR) is 89.2 cm³/mol. The van der Waals surface area contributed by atoms with Crippen LogP contribution in [0.2, 0.25) is 0 Å². The molecule has 134 valence electrons. The van der Waals surface area contributed by atoms with Crippen molar-refractivity contribution in [1.29, 1.82) is 5.26 Å². The molecule has 0 saturated heterocycles. The summed E-state index contributed by atoms with van der Waals surface area (Å²) in [6.45, 7) is 0. The Morgan fingerprint density at radius 1 is 1.12 bits per heavy atom. The highest BCUT2D eigenvalue weighted by Gasteiger charge is 2.29. The lowest BCUT2D eigenvalue weighted by Crippen LogP contribution is -2.13. The molecular weight excluding hydrogens is 330 g/mol. The van der Waals surface area contributed by atoms with Crippen molar-refractivity contribution in [1.82, 2.24) is 0 Å². The third kappa shape index (κ3) is 6.38. The molecule has 0 radical (unpaired) electrons. The normalized spacial score (nSPS) is 22.1. The Labute approximate surface area is 145 Å². The molecule has 0 N–H and O–H groups in total. The fourth-order valence-electron chi connectivity index (χ4n) is 3.23. The Kier molecular flexibility index (Phi) is 6.81. The van der Waals surface area contributed by atoms with Gasteiger partial charge in [0.25, 0.3) is 0 Å². The van der Waals surface area contributed by atoms with Gasteiger partial charge in [-0.15, -0.1) is 0 Å². The molecule has 1 saturated carbocycles. The number of aryl methyl sites for hydroxylation is 1. The van der Waals surface area contributed by atoms with Gasteiger partial charge in [-0.25, -0.2) is 0 Å². The summed E-state index contributed by atoms with van der Waals surface area (Å²) in [5.74, 6) is 0.199. The van der Waals surface area contributed by atoms with Crippen LogP contribution in [0.5, 0.6) is 0 Å². The maximum Gasteiger partial charge on any atom is 0.416 e. The van der Waals surface area contributed by atoms with Crippen molar-refractivity contribution in [2.75, 3.05) is 0 Å². The van der Waals surface area contributed by atoms with E-state index in [4.69, 9.17) is 5.26 Å². The summed E-state index contributed by atoms with van der Waals surface area (Å²) in [4.78, 5) is 0. The van der Waals surface area contributed by atoms with Gasteiger partial charge >= 0.3 is 6.18 Å². The molecule has 0 aliphatic heterocycles. The molecule has 1 aliphatic carbocycles. The second kappa shape index (κ2) is 8.84. The van der Waals surface area contributed by atoms with E-state index in [1.165, 1.54) is 12.1 Å². The van der Waals surface area contributed by atoms with E-state index in [-0.39, 0.29) is 0 Å². The molecule has 1 aromatic carbocycles. The topological polar surface area (TPSA) is 23.8 Å². The summed E-state index contributed by atoms with van der Waals surface area (Å²) >= 11 is 0. The summed E-state index contributed by atoms with van der Waals surface area (Å²) in [6.07, 6.45) is 6.40. The van der Waals surface area contributed by atoms with Crippen LogP contribution in [0.25, 0.3) is 0 Å². The van der Waals surface area contributed by atoms with Crippen LogP contribution in [0.4, 0.5) is 17.6 Å². The third-order valence-corrected chi connectivity index (χ3v) is 4.75. The number of benzene rings is 1.